The Bertz CT molecular complexity index is 299. The monoisotopic (exact) mass is 201 g/mol. The van der Waals surface area contributed by atoms with E-state index in [0.29, 0.717) is 10.9 Å². The predicted octanol–water partition coefficient (Wildman–Crippen LogP) is 1.99. The van der Waals surface area contributed by atoms with Gasteiger partial charge in [0, 0.05) is 5.69 Å². The van der Waals surface area contributed by atoms with E-state index in [4.69, 9.17) is 5.73 Å². The fourth-order valence-electron chi connectivity index (χ4n) is 1.07. The average molecular weight is 201 g/mol. The molecule has 0 atom stereocenters. The van der Waals surface area contributed by atoms with Crippen LogP contribution in [0.4, 0.5) is 14.5 Å². The van der Waals surface area contributed by atoms with Gasteiger partial charge in [-0.05, 0) is 12.1 Å². The minimum absolute atomic E-state index is 0.554. The number of nitrogen functional groups attached to an aromatic ring is 1. The third kappa shape index (κ3) is 2.06. The van der Waals surface area contributed by atoms with Crippen molar-refractivity contribution in [3.05, 3.63) is 24.3 Å². The molecule has 13 heavy (non-hydrogen) atoms. The molecule has 1 aromatic rings. The number of anilines is 1. The smallest absolute Gasteiger partial charge is 0.225 e. The van der Waals surface area contributed by atoms with Gasteiger partial charge in [-0.2, -0.15) is 0 Å². The van der Waals surface area contributed by atoms with Crippen molar-refractivity contribution in [2.24, 2.45) is 0 Å². The molecule has 2 N–H and O–H groups in total. The molecule has 4 heteroatoms. The highest BCUT2D eigenvalue weighted by atomic mass is 28.3. The zero-order valence-electron chi connectivity index (χ0n) is 7.72. The summed E-state index contributed by atoms with van der Waals surface area (Å²) in [7, 11) is -2.60. The lowest BCUT2D eigenvalue weighted by Gasteiger charge is -2.21. The SMILES string of the molecule is C[Si](C)(c1cccc(N)c1)C(F)F. The lowest BCUT2D eigenvalue weighted by molar-refractivity contribution is 0.230. The van der Waals surface area contributed by atoms with Crippen LogP contribution in [0.1, 0.15) is 0 Å². The van der Waals surface area contributed by atoms with Crippen LogP contribution in [0.5, 0.6) is 0 Å². The highest BCUT2D eigenvalue weighted by molar-refractivity contribution is 6.90. The van der Waals surface area contributed by atoms with Gasteiger partial charge in [-0.1, -0.05) is 30.4 Å². The first-order chi connectivity index (χ1) is 5.94. The number of benzene rings is 1. The minimum Gasteiger partial charge on any atom is -0.399 e. The highest BCUT2D eigenvalue weighted by Crippen LogP contribution is 2.14. The molecule has 0 spiro atoms. The molecule has 0 aromatic heterocycles. The summed E-state index contributed by atoms with van der Waals surface area (Å²) >= 11 is 0. The Morgan fingerprint density at radius 3 is 2.38 bits per heavy atom. The van der Waals surface area contributed by atoms with Crippen LogP contribution in [0.15, 0.2) is 24.3 Å². The number of hydrogen-bond acceptors (Lipinski definition) is 1. The van der Waals surface area contributed by atoms with E-state index < -0.39 is 14.1 Å². The van der Waals surface area contributed by atoms with E-state index in [0.717, 1.165) is 0 Å². The second-order valence-electron chi connectivity index (χ2n) is 3.65. The van der Waals surface area contributed by atoms with Crippen LogP contribution >= 0.6 is 0 Å². The maximum Gasteiger partial charge on any atom is 0.225 e. The van der Waals surface area contributed by atoms with Crippen LogP contribution in [0.25, 0.3) is 0 Å². The van der Waals surface area contributed by atoms with E-state index in [1.165, 1.54) is 0 Å². The summed E-state index contributed by atoms with van der Waals surface area (Å²) in [4.78, 5) is 0. The molecule has 1 nitrogen and oxygen atoms in total. The zero-order valence-corrected chi connectivity index (χ0v) is 8.72. The fourth-order valence-corrected chi connectivity index (χ4v) is 2.38. The van der Waals surface area contributed by atoms with Gasteiger partial charge in [-0.25, -0.2) is 8.78 Å². The Balaban J connectivity index is 3.07. The van der Waals surface area contributed by atoms with Crippen molar-refractivity contribution in [3.63, 3.8) is 0 Å². The first kappa shape index (κ1) is 10.2. The van der Waals surface area contributed by atoms with Crippen molar-refractivity contribution >= 4 is 18.9 Å². The second kappa shape index (κ2) is 3.45. The number of nitrogens with two attached hydrogens (primary N) is 1. The number of halogens is 2. The van der Waals surface area contributed by atoms with Crippen LogP contribution in [-0.2, 0) is 0 Å². The average Bonchev–Trinajstić information content (AvgIpc) is 2.04. The topological polar surface area (TPSA) is 26.0 Å². The molecule has 0 unspecified atom stereocenters. The van der Waals surface area contributed by atoms with E-state index >= 15 is 0 Å². The third-order valence-corrected chi connectivity index (χ3v) is 5.07. The van der Waals surface area contributed by atoms with Crippen molar-refractivity contribution < 1.29 is 8.78 Å². The van der Waals surface area contributed by atoms with Gasteiger partial charge in [0.05, 0.1) is 0 Å². The van der Waals surface area contributed by atoms with Crippen LogP contribution in [0.3, 0.4) is 0 Å². The van der Waals surface area contributed by atoms with Crippen LogP contribution in [-0.4, -0.2) is 14.1 Å². The van der Waals surface area contributed by atoms with Gasteiger partial charge in [-0.15, -0.1) is 0 Å². The summed E-state index contributed by atoms with van der Waals surface area (Å²) < 4.78 is 25.3. The van der Waals surface area contributed by atoms with Crippen molar-refractivity contribution in [1.29, 1.82) is 0 Å². The van der Waals surface area contributed by atoms with Gasteiger partial charge < -0.3 is 5.73 Å². The zero-order chi connectivity index (χ0) is 10.1. The van der Waals surface area contributed by atoms with E-state index in [1.807, 2.05) is 0 Å². The lowest BCUT2D eigenvalue weighted by Crippen LogP contribution is -2.48. The van der Waals surface area contributed by atoms with E-state index in [-0.39, 0.29) is 0 Å². The fraction of sp³-hybridized carbons (Fsp3) is 0.333. The maximum absolute atomic E-state index is 12.7. The summed E-state index contributed by atoms with van der Waals surface area (Å²) in [5, 5.41) is 0.711. The highest BCUT2D eigenvalue weighted by Gasteiger charge is 2.34. The molecule has 72 valence electrons. The molecule has 0 bridgehead atoms. The second-order valence-corrected chi connectivity index (χ2v) is 8.11. The van der Waals surface area contributed by atoms with Crippen molar-refractivity contribution in [1.82, 2.24) is 0 Å². The van der Waals surface area contributed by atoms with Gasteiger partial charge in [0.2, 0.25) is 6.05 Å². The molecule has 0 aliphatic heterocycles. The van der Waals surface area contributed by atoms with Crippen molar-refractivity contribution in [2.75, 3.05) is 5.73 Å². The molecular formula is C9H13F2NSi. The molecule has 0 fully saturated rings. The molecular weight excluding hydrogens is 188 g/mol. The van der Waals surface area contributed by atoms with Crippen molar-refractivity contribution in [3.8, 4) is 0 Å². The lowest BCUT2D eigenvalue weighted by atomic mass is 10.3. The van der Waals surface area contributed by atoms with Gasteiger partial charge in [0.1, 0.15) is 0 Å². The molecule has 1 aromatic carbocycles. The maximum atomic E-state index is 12.7. The molecule has 0 aliphatic carbocycles. The number of alkyl halides is 2. The predicted molar refractivity (Wildman–Crippen MR) is 54.0 cm³/mol. The molecule has 0 radical (unpaired) electrons. The quantitative estimate of drug-likeness (QED) is 0.574. The summed E-state index contributed by atoms with van der Waals surface area (Å²) in [5.74, 6) is 0. The van der Waals surface area contributed by atoms with E-state index in [2.05, 4.69) is 0 Å². The number of hydrogen-bond donors (Lipinski definition) is 1. The van der Waals surface area contributed by atoms with Gasteiger partial charge in [0.25, 0.3) is 0 Å². The Hall–Kier alpha value is -0.903. The molecule has 0 aliphatic rings. The number of rotatable bonds is 2. The summed E-state index contributed by atoms with van der Waals surface area (Å²) in [6.45, 7) is 3.29. The Morgan fingerprint density at radius 1 is 1.31 bits per heavy atom. The van der Waals surface area contributed by atoms with E-state index in [1.54, 1.807) is 37.4 Å². The molecule has 0 heterocycles. The largest absolute Gasteiger partial charge is 0.399 e. The molecule has 0 saturated heterocycles. The van der Waals surface area contributed by atoms with E-state index in [9.17, 15) is 8.78 Å². The first-order valence-electron chi connectivity index (χ1n) is 4.09. The standard InChI is InChI=1S/C9H13F2NSi/c1-13(2,9(10)11)8-5-3-4-7(12)6-8/h3-6,9H,12H2,1-2H3. The molecule has 0 amide bonds. The first-order valence-corrected chi connectivity index (χ1v) is 7.16. The summed E-state index contributed by atoms with van der Waals surface area (Å²) in [5.41, 5.74) is 6.09. The van der Waals surface area contributed by atoms with Crippen LogP contribution < -0.4 is 10.9 Å². The summed E-state index contributed by atoms with van der Waals surface area (Å²) in [6.07, 6.45) is 0. The molecule has 0 saturated carbocycles. The third-order valence-electron chi connectivity index (χ3n) is 2.18. The Morgan fingerprint density at radius 2 is 1.92 bits per heavy atom. The minimum atomic E-state index is -2.60. The van der Waals surface area contributed by atoms with Gasteiger partial charge in [0.15, 0.2) is 8.07 Å². The molecule has 1 rings (SSSR count). The Labute approximate surface area is 77.6 Å². The van der Waals surface area contributed by atoms with Crippen LogP contribution in [0.2, 0.25) is 13.1 Å². The van der Waals surface area contributed by atoms with Gasteiger partial charge >= 0.3 is 0 Å². The van der Waals surface area contributed by atoms with Crippen LogP contribution in [0, 0.1) is 0 Å². The normalized spacial score (nSPS) is 12.1. The summed E-state index contributed by atoms with van der Waals surface area (Å²) in [6, 6.07) is 4.57. The Kier molecular flexibility index (Phi) is 2.70. The van der Waals surface area contributed by atoms with Gasteiger partial charge in [-0.3, -0.25) is 0 Å². The van der Waals surface area contributed by atoms with Crippen molar-refractivity contribution in [2.45, 2.75) is 19.1 Å².